The SMILES string of the molecule is COc1ccccc1S(=O)(=O)Cc1ccccc1CN. The Morgan fingerprint density at radius 1 is 1.00 bits per heavy atom. The Balaban J connectivity index is 2.41. The summed E-state index contributed by atoms with van der Waals surface area (Å²) in [6.45, 7) is 0.317. The number of hydrogen-bond donors (Lipinski definition) is 1. The van der Waals surface area contributed by atoms with E-state index in [-0.39, 0.29) is 10.6 Å². The molecular formula is C15H17NO3S. The number of methoxy groups -OCH3 is 1. The van der Waals surface area contributed by atoms with Crippen LogP contribution in [0.2, 0.25) is 0 Å². The van der Waals surface area contributed by atoms with Crippen molar-refractivity contribution in [1.82, 2.24) is 0 Å². The van der Waals surface area contributed by atoms with Crippen molar-refractivity contribution in [3.63, 3.8) is 0 Å². The van der Waals surface area contributed by atoms with Crippen molar-refractivity contribution in [2.75, 3.05) is 7.11 Å². The van der Waals surface area contributed by atoms with E-state index in [2.05, 4.69) is 0 Å². The molecule has 0 amide bonds. The minimum Gasteiger partial charge on any atom is -0.495 e. The maximum Gasteiger partial charge on any atom is 0.186 e. The van der Waals surface area contributed by atoms with E-state index in [1.807, 2.05) is 18.2 Å². The summed E-state index contributed by atoms with van der Waals surface area (Å²) >= 11 is 0. The van der Waals surface area contributed by atoms with Crippen LogP contribution >= 0.6 is 0 Å². The van der Waals surface area contributed by atoms with Crippen molar-refractivity contribution >= 4 is 9.84 Å². The highest BCUT2D eigenvalue weighted by Crippen LogP contribution is 2.26. The summed E-state index contributed by atoms with van der Waals surface area (Å²) in [4.78, 5) is 0.203. The second-order valence-electron chi connectivity index (χ2n) is 4.38. The van der Waals surface area contributed by atoms with E-state index in [4.69, 9.17) is 10.5 Å². The van der Waals surface area contributed by atoms with Gasteiger partial charge in [-0.05, 0) is 23.3 Å². The topological polar surface area (TPSA) is 69.4 Å². The van der Waals surface area contributed by atoms with Crippen LogP contribution < -0.4 is 10.5 Å². The Morgan fingerprint density at radius 2 is 1.60 bits per heavy atom. The fourth-order valence-electron chi connectivity index (χ4n) is 2.06. The molecule has 0 unspecified atom stereocenters. The Morgan fingerprint density at radius 3 is 2.25 bits per heavy atom. The van der Waals surface area contributed by atoms with E-state index >= 15 is 0 Å². The van der Waals surface area contributed by atoms with E-state index in [1.165, 1.54) is 7.11 Å². The van der Waals surface area contributed by atoms with Crippen LogP contribution in [0, 0.1) is 0 Å². The first-order chi connectivity index (χ1) is 9.58. The number of nitrogens with two attached hydrogens (primary N) is 1. The van der Waals surface area contributed by atoms with Crippen molar-refractivity contribution in [3.8, 4) is 5.75 Å². The second kappa shape index (κ2) is 6.07. The minimum absolute atomic E-state index is 0.0826. The average molecular weight is 291 g/mol. The van der Waals surface area contributed by atoms with E-state index < -0.39 is 9.84 Å². The van der Waals surface area contributed by atoms with Gasteiger partial charge in [0.15, 0.2) is 9.84 Å². The third-order valence-corrected chi connectivity index (χ3v) is 4.79. The zero-order valence-corrected chi connectivity index (χ0v) is 12.1. The lowest BCUT2D eigenvalue weighted by molar-refractivity contribution is 0.402. The van der Waals surface area contributed by atoms with E-state index in [1.54, 1.807) is 30.3 Å². The molecule has 0 bridgehead atoms. The minimum atomic E-state index is -3.47. The van der Waals surface area contributed by atoms with Crippen molar-refractivity contribution in [2.24, 2.45) is 5.73 Å². The molecule has 0 aliphatic carbocycles. The summed E-state index contributed by atoms with van der Waals surface area (Å²) in [5.74, 6) is 0.276. The quantitative estimate of drug-likeness (QED) is 0.916. The van der Waals surface area contributed by atoms with Crippen LogP contribution in [0.3, 0.4) is 0 Å². The molecule has 20 heavy (non-hydrogen) atoms. The summed E-state index contributed by atoms with van der Waals surface area (Å²) in [5.41, 5.74) is 7.21. The van der Waals surface area contributed by atoms with Crippen LogP contribution in [0.4, 0.5) is 0 Å². The average Bonchev–Trinajstić information content (AvgIpc) is 2.47. The summed E-state index contributed by atoms with van der Waals surface area (Å²) < 4.78 is 30.2. The van der Waals surface area contributed by atoms with Crippen LogP contribution in [-0.2, 0) is 22.1 Å². The van der Waals surface area contributed by atoms with Crippen molar-refractivity contribution in [1.29, 1.82) is 0 Å². The van der Waals surface area contributed by atoms with Gasteiger partial charge in [0.1, 0.15) is 10.6 Å². The van der Waals surface area contributed by atoms with Crippen LogP contribution in [0.1, 0.15) is 11.1 Å². The van der Waals surface area contributed by atoms with Crippen molar-refractivity contribution < 1.29 is 13.2 Å². The Kier molecular flexibility index (Phi) is 4.42. The molecule has 2 N–H and O–H groups in total. The number of benzene rings is 2. The van der Waals surface area contributed by atoms with Gasteiger partial charge in [-0.15, -0.1) is 0 Å². The zero-order valence-electron chi connectivity index (χ0n) is 11.2. The molecule has 4 nitrogen and oxygen atoms in total. The van der Waals surface area contributed by atoms with Crippen LogP contribution in [0.5, 0.6) is 5.75 Å². The van der Waals surface area contributed by atoms with E-state index in [9.17, 15) is 8.42 Å². The lowest BCUT2D eigenvalue weighted by Gasteiger charge is -2.11. The van der Waals surface area contributed by atoms with Gasteiger partial charge < -0.3 is 10.5 Å². The van der Waals surface area contributed by atoms with Gasteiger partial charge in [-0.2, -0.15) is 0 Å². The normalized spacial score (nSPS) is 11.3. The molecule has 0 aromatic heterocycles. The molecule has 0 radical (unpaired) electrons. The van der Waals surface area contributed by atoms with Crippen LogP contribution in [0.15, 0.2) is 53.4 Å². The molecule has 0 saturated heterocycles. The molecule has 0 heterocycles. The van der Waals surface area contributed by atoms with Gasteiger partial charge in [0.2, 0.25) is 0 Å². The summed E-state index contributed by atoms with van der Waals surface area (Å²) in [6.07, 6.45) is 0. The first kappa shape index (κ1) is 14.6. The van der Waals surface area contributed by atoms with E-state index in [0.29, 0.717) is 12.3 Å². The molecular weight excluding hydrogens is 274 g/mol. The molecule has 0 saturated carbocycles. The second-order valence-corrected chi connectivity index (χ2v) is 6.34. The van der Waals surface area contributed by atoms with E-state index in [0.717, 1.165) is 11.1 Å². The highest BCUT2D eigenvalue weighted by molar-refractivity contribution is 7.90. The molecule has 5 heteroatoms. The van der Waals surface area contributed by atoms with Crippen LogP contribution in [0.25, 0.3) is 0 Å². The molecule has 0 spiro atoms. The predicted molar refractivity (Wildman–Crippen MR) is 78.2 cm³/mol. The monoisotopic (exact) mass is 291 g/mol. The lowest BCUT2D eigenvalue weighted by atomic mass is 10.1. The summed E-state index contributed by atoms with van der Waals surface area (Å²) in [7, 11) is -2.01. The number of ether oxygens (including phenoxy) is 1. The third-order valence-electron chi connectivity index (χ3n) is 3.09. The van der Waals surface area contributed by atoms with Crippen molar-refractivity contribution in [2.45, 2.75) is 17.2 Å². The predicted octanol–water partition coefficient (Wildman–Crippen LogP) is 2.13. The summed E-state index contributed by atoms with van der Waals surface area (Å²) in [5, 5.41) is 0. The Bertz CT molecular complexity index is 696. The molecule has 0 aliphatic heterocycles. The lowest BCUT2D eigenvalue weighted by Crippen LogP contribution is -2.10. The van der Waals surface area contributed by atoms with Gasteiger partial charge in [-0.25, -0.2) is 8.42 Å². The molecule has 0 fully saturated rings. The third kappa shape index (κ3) is 3.00. The fraction of sp³-hybridized carbons (Fsp3) is 0.200. The molecule has 0 aliphatic rings. The summed E-state index contributed by atoms with van der Waals surface area (Å²) in [6, 6.07) is 13.9. The smallest absolute Gasteiger partial charge is 0.186 e. The highest BCUT2D eigenvalue weighted by Gasteiger charge is 2.20. The highest BCUT2D eigenvalue weighted by atomic mass is 32.2. The van der Waals surface area contributed by atoms with Crippen molar-refractivity contribution in [3.05, 3.63) is 59.7 Å². The molecule has 2 aromatic rings. The number of para-hydroxylation sites is 1. The number of sulfone groups is 1. The maximum absolute atomic E-state index is 12.5. The molecule has 2 aromatic carbocycles. The largest absolute Gasteiger partial charge is 0.495 e. The molecule has 0 atom stereocenters. The van der Waals surface area contributed by atoms with Crippen LogP contribution in [-0.4, -0.2) is 15.5 Å². The Labute approximate surface area is 119 Å². The first-order valence-corrected chi connectivity index (χ1v) is 7.86. The van der Waals surface area contributed by atoms with Gasteiger partial charge in [-0.1, -0.05) is 36.4 Å². The van der Waals surface area contributed by atoms with Gasteiger partial charge >= 0.3 is 0 Å². The Hall–Kier alpha value is -1.85. The fourth-order valence-corrected chi connectivity index (χ4v) is 3.65. The molecule has 2 rings (SSSR count). The molecule has 106 valence electrons. The maximum atomic E-state index is 12.5. The van der Waals surface area contributed by atoms with Gasteiger partial charge in [0.25, 0.3) is 0 Å². The first-order valence-electron chi connectivity index (χ1n) is 6.21. The standard InChI is InChI=1S/C15H17NO3S/c1-19-14-8-4-5-9-15(14)20(17,18)11-13-7-3-2-6-12(13)10-16/h2-9H,10-11,16H2,1H3. The van der Waals surface area contributed by atoms with Gasteiger partial charge in [-0.3, -0.25) is 0 Å². The van der Waals surface area contributed by atoms with Gasteiger partial charge in [0, 0.05) is 6.54 Å². The number of rotatable bonds is 5. The van der Waals surface area contributed by atoms with Gasteiger partial charge in [0.05, 0.1) is 12.9 Å². The number of hydrogen-bond acceptors (Lipinski definition) is 4. The zero-order chi connectivity index (χ0) is 14.6.